The summed E-state index contributed by atoms with van der Waals surface area (Å²) >= 11 is 0. The molecule has 1 aliphatic carbocycles. The lowest BCUT2D eigenvalue weighted by atomic mass is 9.90. The summed E-state index contributed by atoms with van der Waals surface area (Å²) in [5.41, 5.74) is 1.64. The molecule has 5 nitrogen and oxygen atoms in total. The molecule has 0 aromatic heterocycles. The number of carbonyl (C=O) groups excluding carboxylic acids is 1. The highest BCUT2D eigenvalue weighted by Gasteiger charge is 2.35. The Morgan fingerprint density at radius 3 is 2.95 bits per heavy atom. The minimum Gasteiger partial charge on any atom is -0.452 e. The summed E-state index contributed by atoms with van der Waals surface area (Å²) in [6.07, 6.45) is 3.86. The van der Waals surface area contributed by atoms with Crippen LogP contribution in [-0.2, 0) is 4.74 Å². The van der Waals surface area contributed by atoms with Crippen molar-refractivity contribution in [2.75, 3.05) is 19.8 Å². The van der Waals surface area contributed by atoms with Crippen LogP contribution in [0, 0.1) is 13.2 Å². The average Bonchev–Trinajstić information content (AvgIpc) is 2.84. The fourth-order valence-electron chi connectivity index (χ4n) is 2.82. The van der Waals surface area contributed by atoms with Crippen LogP contribution < -0.4 is 5.32 Å². The molecule has 21 heavy (non-hydrogen) atoms. The van der Waals surface area contributed by atoms with Crippen LogP contribution >= 0.6 is 0 Å². The number of rotatable bonds is 3. The quantitative estimate of drug-likeness (QED) is 0.903. The van der Waals surface area contributed by atoms with Crippen molar-refractivity contribution in [3.63, 3.8) is 0 Å². The molecule has 1 amide bonds. The third-order valence-corrected chi connectivity index (χ3v) is 4.11. The van der Waals surface area contributed by atoms with E-state index in [1.807, 2.05) is 19.1 Å². The molecule has 111 valence electrons. The van der Waals surface area contributed by atoms with Crippen molar-refractivity contribution in [3.05, 3.63) is 35.6 Å². The summed E-state index contributed by atoms with van der Waals surface area (Å²) in [7, 11) is 0. The van der Waals surface area contributed by atoms with Crippen LogP contribution in [0.15, 0.2) is 22.6 Å². The molecular weight excluding hydrogens is 270 g/mol. The van der Waals surface area contributed by atoms with Gasteiger partial charge in [0.2, 0.25) is 0 Å². The van der Waals surface area contributed by atoms with Gasteiger partial charge in [-0.25, -0.2) is 0 Å². The van der Waals surface area contributed by atoms with Crippen molar-refractivity contribution in [2.24, 2.45) is 0 Å². The standard InChI is InChI=1S/C16H18NO4/c1-11-9-12-3-2-6-21-14(12)13(11)15(19)17-16(10-18)4-7-20-8-5-16/h2-3,9,18H,4-5,7-8,10H2,1H3,(H,17,19). The van der Waals surface area contributed by atoms with Gasteiger partial charge in [0.15, 0.2) is 6.26 Å². The maximum absolute atomic E-state index is 12.6. The number of hydrogen-bond donors (Lipinski definition) is 2. The molecule has 0 spiro atoms. The van der Waals surface area contributed by atoms with Gasteiger partial charge in [0.25, 0.3) is 5.91 Å². The van der Waals surface area contributed by atoms with Gasteiger partial charge < -0.3 is 19.6 Å². The first-order chi connectivity index (χ1) is 10.2. The van der Waals surface area contributed by atoms with Crippen LogP contribution in [0.4, 0.5) is 0 Å². The zero-order valence-electron chi connectivity index (χ0n) is 11.9. The second kappa shape index (κ2) is 5.50. The van der Waals surface area contributed by atoms with E-state index in [2.05, 4.69) is 11.6 Å². The molecule has 0 unspecified atom stereocenters. The monoisotopic (exact) mass is 288 g/mol. The Hall–Kier alpha value is -1.85. The van der Waals surface area contributed by atoms with Gasteiger partial charge in [-0.05, 0) is 43.5 Å². The maximum atomic E-state index is 12.6. The molecule has 2 N–H and O–H groups in total. The lowest BCUT2D eigenvalue weighted by Gasteiger charge is -2.36. The molecular formula is C16H18NO4. The maximum Gasteiger partial charge on any atom is 0.255 e. The fourth-order valence-corrected chi connectivity index (χ4v) is 2.82. The van der Waals surface area contributed by atoms with E-state index >= 15 is 0 Å². The van der Waals surface area contributed by atoms with Gasteiger partial charge in [0, 0.05) is 18.8 Å². The van der Waals surface area contributed by atoms with E-state index in [0.29, 0.717) is 37.4 Å². The van der Waals surface area contributed by atoms with E-state index in [4.69, 9.17) is 9.15 Å². The Labute approximate surface area is 123 Å². The van der Waals surface area contributed by atoms with Crippen molar-refractivity contribution in [1.29, 1.82) is 0 Å². The van der Waals surface area contributed by atoms with Gasteiger partial charge in [-0.3, -0.25) is 4.79 Å². The highest BCUT2D eigenvalue weighted by molar-refractivity contribution is 6.02. The zero-order chi connectivity index (χ0) is 14.9. The predicted molar refractivity (Wildman–Crippen MR) is 76.2 cm³/mol. The molecule has 0 saturated carbocycles. The van der Waals surface area contributed by atoms with Gasteiger partial charge in [-0.15, -0.1) is 0 Å². The largest absolute Gasteiger partial charge is 0.452 e. The van der Waals surface area contributed by atoms with Gasteiger partial charge in [0.1, 0.15) is 5.76 Å². The summed E-state index contributed by atoms with van der Waals surface area (Å²) in [5, 5.41) is 12.6. The van der Waals surface area contributed by atoms with Gasteiger partial charge in [-0.1, -0.05) is 0 Å². The Morgan fingerprint density at radius 1 is 1.48 bits per heavy atom. The highest BCUT2D eigenvalue weighted by Crippen LogP contribution is 2.32. The number of aryl methyl sites for hydroxylation is 1. The summed E-state index contributed by atoms with van der Waals surface area (Å²) in [4.78, 5) is 12.6. The first kappa shape index (κ1) is 14.1. The van der Waals surface area contributed by atoms with E-state index < -0.39 is 5.54 Å². The normalized spacial score (nSPS) is 17.8. The Bertz CT molecular complexity index is 613. The number of amides is 1. The van der Waals surface area contributed by atoms with Crippen molar-refractivity contribution in [2.45, 2.75) is 25.3 Å². The van der Waals surface area contributed by atoms with Gasteiger partial charge >= 0.3 is 0 Å². The molecule has 3 aliphatic rings. The second-order valence-corrected chi connectivity index (χ2v) is 5.55. The van der Waals surface area contributed by atoms with Crippen molar-refractivity contribution < 1.29 is 19.1 Å². The molecule has 0 aromatic carbocycles. The van der Waals surface area contributed by atoms with Crippen LogP contribution in [0.2, 0.25) is 0 Å². The van der Waals surface area contributed by atoms with Crippen molar-refractivity contribution in [3.8, 4) is 11.3 Å². The smallest absolute Gasteiger partial charge is 0.255 e. The lowest BCUT2D eigenvalue weighted by molar-refractivity contribution is 0.0125. The van der Waals surface area contributed by atoms with Gasteiger partial charge in [0.05, 0.1) is 17.7 Å². The molecule has 3 rings (SSSR count). The van der Waals surface area contributed by atoms with Crippen LogP contribution in [0.25, 0.3) is 11.3 Å². The Balaban J connectivity index is 1.89. The Morgan fingerprint density at radius 2 is 2.24 bits per heavy atom. The van der Waals surface area contributed by atoms with E-state index in [1.165, 1.54) is 0 Å². The van der Waals surface area contributed by atoms with Gasteiger partial charge in [-0.2, -0.15) is 0 Å². The predicted octanol–water partition coefficient (Wildman–Crippen LogP) is 1.76. The fraction of sp³-hybridized carbons (Fsp3) is 0.438. The second-order valence-electron chi connectivity index (χ2n) is 5.55. The third-order valence-electron chi connectivity index (χ3n) is 4.11. The summed E-state index contributed by atoms with van der Waals surface area (Å²) < 4.78 is 10.7. The molecule has 2 aliphatic heterocycles. The Kier molecular flexibility index (Phi) is 3.69. The SMILES string of the molecule is Cc1cc2cc[c]oc-2c1C(=O)NC1(CO)CCOCC1. The van der Waals surface area contributed by atoms with Crippen molar-refractivity contribution >= 4 is 5.91 Å². The number of aliphatic hydroxyl groups excluding tert-OH is 1. The van der Waals surface area contributed by atoms with E-state index in [1.54, 1.807) is 6.07 Å². The summed E-state index contributed by atoms with van der Waals surface area (Å²) in [5.74, 6) is 0.314. The van der Waals surface area contributed by atoms with Crippen LogP contribution in [0.5, 0.6) is 0 Å². The summed E-state index contributed by atoms with van der Waals surface area (Å²) in [6.45, 7) is 2.86. The number of nitrogens with one attached hydrogen (secondary N) is 1. The third kappa shape index (κ3) is 2.54. The van der Waals surface area contributed by atoms with Crippen LogP contribution in [0.1, 0.15) is 28.8 Å². The average molecular weight is 288 g/mol. The minimum absolute atomic E-state index is 0.0942. The number of ether oxygens (including phenoxy) is 1. The highest BCUT2D eigenvalue weighted by atomic mass is 16.5. The molecule has 0 aromatic rings. The van der Waals surface area contributed by atoms with E-state index in [-0.39, 0.29) is 12.5 Å². The first-order valence-corrected chi connectivity index (χ1v) is 7.05. The molecule has 5 heteroatoms. The van der Waals surface area contributed by atoms with Crippen LogP contribution in [-0.4, -0.2) is 36.4 Å². The molecule has 2 heterocycles. The van der Waals surface area contributed by atoms with E-state index in [0.717, 1.165) is 11.1 Å². The molecule has 1 saturated heterocycles. The number of hydrogen-bond acceptors (Lipinski definition) is 4. The molecule has 1 fully saturated rings. The van der Waals surface area contributed by atoms with Crippen molar-refractivity contribution in [1.82, 2.24) is 5.32 Å². The summed E-state index contributed by atoms with van der Waals surface area (Å²) in [6, 6.07) is 5.45. The number of carbonyl (C=O) groups is 1. The minimum atomic E-state index is -0.607. The van der Waals surface area contributed by atoms with Crippen LogP contribution in [0.3, 0.4) is 0 Å². The zero-order valence-corrected chi connectivity index (χ0v) is 11.9. The molecule has 0 atom stereocenters. The topological polar surface area (TPSA) is 71.7 Å². The molecule has 0 bridgehead atoms. The number of fused-ring (bicyclic) bond motifs is 1. The first-order valence-electron chi connectivity index (χ1n) is 7.05. The molecule has 1 radical (unpaired) electrons. The lowest BCUT2D eigenvalue weighted by Crippen LogP contribution is -2.54. The number of aliphatic hydroxyl groups is 1. The van der Waals surface area contributed by atoms with E-state index in [9.17, 15) is 9.90 Å².